The number of aliphatic hydroxyl groups is 1. The van der Waals surface area contributed by atoms with Gasteiger partial charge in [0.15, 0.2) is 0 Å². The zero-order valence-electron chi connectivity index (χ0n) is 15.9. The van der Waals surface area contributed by atoms with E-state index >= 15 is 0 Å². The van der Waals surface area contributed by atoms with Crippen LogP contribution in [0, 0.1) is 5.92 Å². The molecule has 0 unspecified atom stereocenters. The standard InChI is InChI=1S/C21H23NO6/c1-12(23)17-19(21(25)26)22(20(17)24)18(13-4-8-15(27-2)9-5-13)14-6-10-16(28-3)11-7-14/h4-12,17-19,23H,1-3H3,(H,25,26)/t12-,17-,19+/m0/s1. The molecule has 1 heterocycles. The van der Waals surface area contributed by atoms with Gasteiger partial charge in [0.1, 0.15) is 17.5 Å². The maximum Gasteiger partial charge on any atom is 0.327 e. The molecule has 28 heavy (non-hydrogen) atoms. The Balaban J connectivity index is 2.07. The fraction of sp³-hybridized carbons (Fsp3) is 0.333. The van der Waals surface area contributed by atoms with Gasteiger partial charge < -0.3 is 24.6 Å². The van der Waals surface area contributed by atoms with Crippen LogP contribution in [0.2, 0.25) is 0 Å². The van der Waals surface area contributed by atoms with Crippen molar-refractivity contribution in [2.45, 2.75) is 25.1 Å². The lowest BCUT2D eigenvalue weighted by atomic mass is 9.79. The molecule has 0 radical (unpaired) electrons. The maximum atomic E-state index is 12.8. The number of carboxylic acid groups (broad SMARTS) is 1. The van der Waals surface area contributed by atoms with Crippen LogP contribution in [0.15, 0.2) is 48.5 Å². The molecule has 2 aromatic rings. The highest BCUT2D eigenvalue weighted by Gasteiger charge is 2.56. The van der Waals surface area contributed by atoms with Crippen molar-refractivity contribution in [1.29, 1.82) is 0 Å². The molecule has 7 heteroatoms. The van der Waals surface area contributed by atoms with Crippen LogP contribution in [-0.2, 0) is 9.59 Å². The van der Waals surface area contributed by atoms with E-state index in [2.05, 4.69) is 0 Å². The van der Waals surface area contributed by atoms with E-state index in [1.165, 1.54) is 11.8 Å². The van der Waals surface area contributed by atoms with Gasteiger partial charge in [-0.3, -0.25) is 4.79 Å². The van der Waals surface area contributed by atoms with E-state index in [-0.39, 0.29) is 5.91 Å². The van der Waals surface area contributed by atoms with Gasteiger partial charge in [-0.05, 0) is 42.3 Å². The second kappa shape index (κ2) is 7.90. The Labute approximate surface area is 163 Å². The smallest absolute Gasteiger partial charge is 0.327 e. The number of carboxylic acids is 1. The number of benzene rings is 2. The number of methoxy groups -OCH3 is 2. The highest BCUT2D eigenvalue weighted by molar-refractivity contribution is 5.97. The van der Waals surface area contributed by atoms with Crippen LogP contribution in [0.5, 0.6) is 11.5 Å². The first kappa shape index (κ1) is 19.7. The Hall–Kier alpha value is -3.06. The van der Waals surface area contributed by atoms with E-state index in [4.69, 9.17) is 9.47 Å². The molecule has 1 fully saturated rings. The molecular weight excluding hydrogens is 362 g/mol. The Morgan fingerprint density at radius 2 is 1.39 bits per heavy atom. The number of hydrogen-bond acceptors (Lipinski definition) is 5. The molecule has 0 saturated carbocycles. The first-order valence-corrected chi connectivity index (χ1v) is 8.90. The third kappa shape index (κ3) is 3.41. The van der Waals surface area contributed by atoms with E-state index in [1.54, 1.807) is 62.8 Å². The molecule has 3 atom stereocenters. The number of hydrogen-bond donors (Lipinski definition) is 2. The van der Waals surface area contributed by atoms with Gasteiger partial charge in [-0.1, -0.05) is 24.3 Å². The molecular formula is C21H23NO6. The number of carbonyl (C=O) groups is 2. The Morgan fingerprint density at radius 1 is 0.964 bits per heavy atom. The van der Waals surface area contributed by atoms with Crippen LogP contribution in [0.4, 0.5) is 0 Å². The summed E-state index contributed by atoms with van der Waals surface area (Å²) in [6.07, 6.45) is -1.04. The van der Waals surface area contributed by atoms with Gasteiger partial charge >= 0.3 is 5.97 Å². The summed E-state index contributed by atoms with van der Waals surface area (Å²) in [6, 6.07) is 12.5. The van der Waals surface area contributed by atoms with Gasteiger partial charge in [0, 0.05) is 0 Å². The molecule has 0 aliphatic carbocycles. The predicted molar refractivity (Wildman–Crippen MR) is 101 cm³/mol. The molecule has 2 N–H and O–H groups in total. The fourth-order valence-corrected chi connectivity index (χ4v) is 3.65. The zero-order valence-corrected chi connectivity index (χ0v) is 15.9. The van der Waals surface area contributed by atoms with Crippen LogP contribution in [0.1, 0.15) is 24.1 Å². The average molecular weight is 385 g/mol. The first-order valence-electron chi connectivity index (χ1n) is 8.90. The molecule has 1 saturated heterocycles. The van der Waals surface area contributed by atoms with Gasteiger partial charge in [-0.15, -0.1) is 0 Å². The van der Waals surface area contributed by atoms with E-state index in [1.807, 2.05) is 0 Å². The lowest BCUT2D eigenvalue weighted by Crippen LogP contribution is -2.68. The maximum absolute atomic E-state index is 12.8. The van der Waals surface area contributed by atoms with Gasteiger partial charge in [-0.2, -0.15) is 0 Å². The fourth-order valence-electron chi connectivity index (χ4n) is 3.65. The number of rotatable bonds is 7. The van der Waals surface area contributed by atoms with Gasteiger partial charge in [0.05, 0.1) is 32.3 Å². The molecule has 148 valence electrons. The van der Waals surface area contributed by atoms with E-state index in [0.29, 0.717) is 11.5 Å². The van der Waals surface area contributed by atoms with Crippen molar-refractivity contribution in [3.63, 3.8) is 0 Å². The third-order valence-electron chi connectivity index (χ3n) is 5.09. The van der Waals surface area contributed by atoms with Crippen LogP contribution in [-0.4, -0.2) is 53.4 Å². The third-order valence-corrected chi connectivity index (χ3v) is 5.09. The largest absolute Gasteiger partial charge is 0.497 e. The van der Waals surface area contributed by atoms with E-state index < -0.39 is 30.1 Å². The topological polar surface area (TPSA) is 96.3 Å². The zero-order chi connectivity index (χ0) is 20.4. The van der Waals surface area contributed by atoms with Gasteiger partial charge in [0.25, 0.3) is 0 Å². The van der Waals surface area contributed by atoms with Crippen LogP contribution in [0.25, 0.3) is 0 Å². The molecule has 0 bridgehead atoms. The molecule has 0 aromatic heterocycles. The number of β-lactam (4-membered cyclic amide) rings is 1. The molecule has 1 aliphatic heterocycles. The summed E-state index contributed by atoms with van der Waals surface area (Å²) in [6.45, 7) is 1.44. The lowest BCUT2D eigenvalue weighted by molar-refractivity contribution is -0.180. The first-order chi connectivity index (χ1) is 13.4. The molecule has 7 nitrogen and oxygen atoms in total. The van der Waals surface area contributed by atoms with Crippen molar-refractivity contribution in [2.24, 2.45) is 5.92 Å². The quantitative estimate of drug-likeness (QED) is 0.709. The van der Waals surface area contributed by atoms with Crippen molar-refractivity contribution in [3.8, 4) is 11.5 Å². The number of amides is 1. The molecule has 1 aliphatic rings. The summed E-state index contributed by atoms with van der Waals surface area (Å²) in [4.78, 5) is 26.0. The van der Waals surface area contributed by atoms with Crippen molar-refractivity contribution in [1.82, 2.24) is 4.90 Å². The number of aliphatic carboxylic acids is 1. The minimum absolute atomic E-state index is 0.390. The summed E-state index contributed by atoms with van der Waals surface area (Å²) < 4.78 is 10.4. The number of ether oxygens (including phenoxy) is 2. The molecule has 0 spiro atoms. The monoisotopic (exact) mass is 385 g/mol. The summed E-state index contributed by atoms with van der Waals surface area (Å²) in [5.74, 6) is -1.18. The molecule has 1 amide bonds. The summed E-state index contributed by atoms with van der Waals surface area (Å²) in [5, 5.41) is 19.6. The number of nitrogens with zero attached hydrogens (tertiary/aromatic N) is 1. The molecule has 2 aromatic carbocycles. The second-order valence-electron chi connectivity index (χ2n) is 6.74. The number of likely N-dealkylation sites (tertiary alicyclic amines) is 1. The van der Waals surface area contributed by atoms with Crippen LogP contribution in [0.3, 0.4) is 0 Å². The lowest BCUT2D eigenvalue weighted by Gasteiger charge is -2.50. The Bertz CT molecular complexity index is 799. The highest BCUT2D eigenvalue weighted by Crippen LogP contribution is 2.41. The number of aliphatic hydroxyl groups excluding tert-OH is 1. The Morgan fingerprint density at radius 3 is 1.71 bits per heavy atom. The summed E-state index contributed by atoms with van der Waals surface area (Å²) in [7, 11) is 3.12. The van der Waals surface area contributed by atoms with Crippen molar-refractivity contribution in [3.05, 3.63) is 59.7 Å². The SMILES string of the molecule is COc1ccc(C(c2ccc(OC)cc2)N2C(=O)[C@@H]([C@H](C)O)[C@@H]2C(=O)O)cc1. The minimum Gasteiger partial charge on any atom is -0.497 e. The average Bonchev–Trinajstić information content (AvgIpc) is 2.69. The predicted octanol–water partition coefficient (Wildman–Crippen LogP) is 2.09. The van der Waals surface area contributed by atoms with Crippen LogP contribution < -0.4 is 9.47 Å². The highest BCUT2D eigenvalue weighted by atomic mass is 16.5. The Kier molecular flexibility index (Phi) is 5.56. The van der Waals surface area contributed by atoms with Crippen LogP contribution >= 0.6 is 0 Å². The van der Waals surface area contributed by atoms with E-state index in [9.17, 15) is 19.8 Å². The minimum atomic E-state index is -1.14. The van der Waals surface area contributed by atoms with Crippen molar-refractivity contribution >= 4 is 11.9 Å². The van der Waals surface area contributed by atoms with E-state index in [0.717, 1.165) is 11.1 Å². The summed E-state index contributed by atoms with van der Waals surface area (Å²) in [5.41, 5.74) is 1.49. The second-order valence-corrected chi connectivity index (χ2v) is 6.74. The molecule has 3 rings (SSSR count). The summed E-state index contributed by atoms with van der Waals surface area (Å²) >= 11 is 0. The van der Waals surface area contributed by atoms with Gasteiger partial charge in [-0.25, -0.2) is 4.79 Å². The van der Waals surface area contributed by atoms with Crippen molar-refractivity contribution < 1.29 is 29.3 Å². The van der Waals surface area contributed by atoms with Gasteiger partial charge in [0.2, 0.25) is 5.91 Å². The normalized spacial score (nSPS) is 19.9. The van der Waals surface area contributed by atoms with Crippen molar-refractivity contribution in [2.75, 3.05) is 14.2 Å². The number of carbonyl (C=O) groups excluding carboxylic acids is 1.